The highest BCUT2D eigenvalue weighted by atomic mass is 16.5. The molecule has 9 heteroatoms. The number of rotatable bonds is 6. The van der Waals surface area contributed by atoms with Crippen LogP contribution in [0.3, 0.4) is 0 Å². The maximum Gasteiger partial charge on any atom is 0.322 e. The van der Waals surface area contributed by atoms with Crippen LogP contribution in [-0.4, -0.2) is 42.8 Å². The minimum Gasteiger partial charge on any atom is -0.493 e. The summed E-state index contributed by atoms with van der Waals surface area (Å²) in [5.74, 6) is 0.576. The van der Waals surface area contributed by atoms with Gasteiger partial charge in [0, 0.05) is 24.2 Å². The molecule has 2 amide bonds. The minimum atomic E-state index is -0.431. The summed E-state index contributed by atoms with van der Waals surface area (Å²) in [4.78, 5) is 26.7. The Bertz CT molecular complexity index is 1110. The van der Waals surface area contributed by atoms with Crippen molar-refractivity contribution in [3.8, 4) is 11.5 Å². The Hall–Kier alpha value is -3.88. The molecule has 1 N–H and O–H groups in total. The van der Waals surface area contributed by atoms with Gasteiger partial charge in [0.2, 0.25) is 11.8 Å². The zero-order valence-corrected chi connectivity index (χ0v) is 17.4. The molecule has 4 rings (SSSR count). The molecule has 3 aromatic rings. The minimum absolute atomic E-state index is 0.0111. The number of hydrogen-bond acceptors (Lipinski definition) is 7. The number of methoxy groups -OCH3 is 2. The molecule has 1 aliphatic heterocycles. The van der Waals surface area contributed by atoms with Crippen LogP contribution in [-0.2, 0) is 4.79 Å². The number of benzene rings is 2. The highest BCUT2D eigenvalue weighted by Gasteiger charge is 2.35. The fraction of sp³-hybridized carbons (Fsp3) is 0.273. The van der Waals surface area contributed by atoms with E-state index in [9.17, 15) is 9.59 Å². The average molecular weight is 422 g/mol. The summed E-state index contributed by atoms with van der Waals surface area (Å²) in [6, 6.07) is 12.5. The third kappa shape index (κ3) is 4.20. The highest BCUT2D eigenvalue weighted by molar-refractivity contribution is 6.03. The fourth-order valence-corrected chi connectivity index (χ4v) is 3.44. The van der Waals surface area contributed by atoms with Crippen LogP contribution in [0, 0.1) is 6.92 Å². The smallest absolute Gasteiger partial charge is 0.322 e. The molecule has 0 spiro atoms. The van der Waals surface area contributed by atoms with Gasteiger partial charge in [-0.15, -0.1) is 5.10 Å². The Balaban J connectivity index is 1.44. The Morgan fingerprint density at radius 2 is 1.84 bits per heavy atom. The van der Waals surface area contributed by atoms with Gasteiger partial charge in [-0.2, -0.15) is 0 Å². The molecule has 0 radical (unpaired) electrons. The first-order valence-corrected chi connectivity index (χ1v) is 9.72. The number of aromatic nitrogens is 2. The Morgan fingerprint density at radius 1 is 1.10 bits per heavy atom. The fourth-order valence-electron chi connectivity index (χ4n) is 3.44. The maximum atomic E-state index is 12.5. The monoisotopic (exact) mass is 422 g/mol. The zero-order chi connectivity index (χ0) is 22.0. The SMILES string of the molecule is COc1ccc(C(=O)Nc2nnc([C@@H]3CC(=O)N(c4ccc(C)cc4)C3)o2)cc1OC. The molecular weight excluding hydrogens is 400 g/mol. The van der Waals surface area contributed by atoms with E-state index >= 15 is 0 Å². The van der Waals surface area contributed by atoms with E-state index in [2.05, 4.69) is 15.5 Å². The normalized spacial score (nSPS) is 15.8. The molecule has 1 atom stereocenters. The Morgan fingerprint density at radius 3 is 2.55 bits per heavy atom. The lowest BCUT2D eigenvalue weighted by Crippen LogP contribution is -2.24. The molecule has 1 saturated heterocycles. The van der Waals surface area contributed by atoms with Crippen molar-refractivity contribution in [2.75, 3.05) is 31.0 Å². The van der Waals surface area contributed by atoms with E-state index in [0.717, 1.165) is 11.3 Å². The molecule has 1 aromatic heterocycles. The van der Waals surface area contributed by atoms with Crippen molar-refractivity contribution in [1.29, 1.82) is 0 Å². The Labute approximate surface area is 179 Å². The molecule has 0 aliphatic carbocycles. The van der Waals surface area contributed by atoms with Crippen LogP contribution >= 0.6 is 0 Å². The van der Waals surface area contributed by atoms with E-state index in [1.807, 2.05) is 31.2 Å². The van der Waals surface area contributed by atoms with Crippen molar-refractivity contribution in [3.63, 3.8) is 0 Å². The van der Waals surface area contributed by atoms with E-state index in [-0.39, 0.29) is 24.3 Å². The van der Waals surface area contributed by atoms with Gasteiger partial charge in [-0.25, -0.2) is 0 Å². The average Bonchev–Trinajstić information content (AvgIpc) is 3.40. The molecule has 9 nitrogen and oxygen atoms in total. The molecule has 160 valence electrons. The van der Waals surface area contributed by atoms with Crippen LogP contribution in [0.5, 0.6) is 11.5 Å². The first-order valence-electron chi connectivity index (χ1n) is 9.72. The van der Waals surface area contributed by atoms with E-state index in [1.54, 1.807) is 23.1 Å². The number of aryl methyl sites for hydroxylation is 1. The van der Waals surface area contributed by atoms with Crippen molar-refractivity contribution < 1.29 is 23.5 Å². The van der Waals surface area contributed by atoms with Gasteiger partial charge in [0.25, 0.3) is 5.91 Å². The van der Waals surface area contributed by atoms with Gasteiger partial charge in [0.05, 0.1) is 20.1 Å². The van der Waals surface area contributed by atoms with Gasteiger partial charge < -0.3 is 18.8 Å². The Kier molecular flexibility index (Phi) is 5.57. The van der Waals surface area contributed by atoms with E-state index in [1.165, 1.54) is 14.2 Å². The van der Waals surface area contributed by atoms with Gasteiger partial charge in [-0.1, -0.05) is 22.8 Å². The summed E-state index contributed by atoms with van der Waals surface area (Å²) in [5.41, 5.74) is 2.30. The van der Waals surface area contributed by atoms with Gasteiger partial charge in [-0.05, 0) is 37.3 Å². The van der Waals surface area contributed by atoms with Crippen LogP contribution in [0.1, 0.15) is 34.2 Å². The van der Waals surface area contributed by atoms with Crippen molar-refractivity contribution in [2.24, 2.45) is 0 Å². The molecule has 0 saturated carbocycles. The lowest BCUT2D eigenvalue weighted by molar-refractivity contribution is -0.117. The highest BCUT2D eigenvalue weighted by Crippen LogP contribution is 2.32. The second kappa shape index (κ2) is 8.47. The number of nitrogens with zero attached hydrogens (tertiary/aromatic N) is 3. The molecule has 1 fully saturated rings. The van der Waals surface area contributed by atoms with E-state index in [0.29, 0.717) is 29.5 Å². The second-order valence-corrected chi connectivity index (χ2v) is 7.21. The van der Waals surface area contributed by atoms with Crippen molar-refractivity contribution in [1.82, 2.24) is 10.2 Å². The number of nitrogens with one attached hydrogen (secondary N) is 1. The van der Waals surface area contributed by atoms with Gasteiger partial charge in [0.15, 0.2) is 11.5 Å². The predicted molar refractivity (Wildman–Crippen MR) is 113 cm³/mol. The number of amides is 2. The second-order valence-electron chi connectivity index (χ2n) is 7.21. The zero-order valence-electron chi connectivity index (χ0n) is 17.4. The van der Waals surface area contributed by atoms with Crippen LogP contribution in [0.4, 0.5) is 11.7 Å². The van der Waals surface area contributed by atoms with Gasteiger partial charge in [0.1, 0.15) is 0 Å². The molecule has 2 heterocycles. The first-order chi connectivity index (χ1) is 15.0. The third-order valence-electron chi connectivity index (χ3n) is 5.13. The van der Waals surface area contributed by atoms with Crippen molar-refractivity contribution in [2.45, 2.75) is 19.3 Å². The summed E-state index contributed by atoms with van der Waals surface area (Å²) < 4.78 is 16.0. The first kappa shape index (κ1) is 20.4. The van der Waals surface area contributed by atoms with Gasteiger partial charge >= 0.3 is 6.01 Å². The van der Waals surface area contributed by atoms with Crippen LogP contribution in [0.2, 0.25) is 0 Å². The summed E-state index contributed by atoms with van der Waals surface area (Å²) >= 11 is 0. The van der Waals surface area contributed by atoms with Crippen LogP contribution in [0.25, 0.3) is 0 Å². The standard InChI is InChI=1S/C22H22N4O5/c1-13-4-7-16(8-5-13)26-12-15(11-19(26)27)21-24-25-22(31-21)23-20(28)14-6-9-17(29-2)18(10-14)30-3/h4-10,15H,11-12H2,1-3H3,(H,23,25,28)/t15-/m1/s1. The molecule has 0 bridgehead atoms. The maximum absolute atomic E-state index is 12.5. The third-order valence-corrected chi connectivity index (χ3v) is 5.13. The molecular formula is C22H22N4O5. The largest absolute Gasteiger partial charge is 0.493 e. The van der Waals surface area contributed by atoms with E-state index < -0.39 is 5.91 Å². The summed E-state index contributed by atoms with van der Waals surface area (Å²) in [6.45, 7) is 2.43. The molecule has 1 aliphatic rings. The lowest BCUT2D eigenvalue weighted by atomic mass is 10.1. The number of anilines is 2. The number of ether oxygens (including phenoxy) is 2. The predicted octanol–water partition coefficient (Wildman–Crippen LogP) is 3.17. The van der Waals surface area contributed by atoms with Crippen LogP contribution < -0.4 is 19.7 Å². The van der Waals surface area contributed by atoms with Crippen molar-refractivity contribution >= 4 is 23.5 Å². The van der Waals surface area contributed by atoms with E-state index in [4.69, 9.17) is 13.9 Å². The topological polar surface area (TPSA) is 107 Å². The summed E-state index contributed by atoms with van der Waals surface area (Å²) in [5, 5.41) is 10.5. The molecule has 0 unspecified atom stereocenters. The number of carbonyl (C=O) groups is 2. The summed E-state index contributed by atoms with van der Waals surface area (Å²) in [6.07, 6.45) is 0.263. The molecule has 31 heavy (non-hydrogen) atoms. The number of carbonyl (C=O) groups excluding carboxylic acids is 2. The van der Waals surface area contributed by atoms with Gasteiger partial charge in [-0.3, -0.25) is 14.9 Å². The quantitative estimate of drug-likeness (QED) is 0.650. The van der Waals surface area contributed by atoms with Crippen LogP contribution in [0.15, 0.2) is 46.9 Å². The molecule has 2 aromatic carbocycles. The summed E-state index contributed by atoms with van der Waals surface area (Å²) in [7, 11) is 3.01. The number of hydrogen-bond donors (Lipinski definition) is 1. The lowest BCUT2D eigenvalue weighted by Gasteiger charge is -2.16. The van der Waals surface area contributed by atoms with Crippen molar-refractivity contribution in [3.05, 3.63) is 59.5 Å².